The van der Waals surface area contributed by atoms with Crippen LogP contribution in [0, 0.1) is 0 Å². The van der Waals surface area contributed by atoms with Crippen LogP contribution in [0.2, 0.25) is 5.02 Å². The van der Waals surface area contributed by atoms with Crippen LogP contribution in [0.1, 0.15) is 12.7 Å². The number of esters is 1. The third-order valence-corrected chi connectivity index (χ3v) is 2.85. The first-order valence-corrected chi connectivity index (χ1v) is 5.76. The van der Waals surface area contributed by atoms with Crippen LogP contribution in [0.5, 0.6) is 0 Å². The second kappa shape index (κ2) is 4.75. The van der Waals surface area contributed by atoms with Crippen LogP contribution < -0.4 is 0 Å². The summed E-state index contributed by atoms with van der Waals surface area (Å²) in [6.45, 7) is 2.16. The summed E-state index contributed by atoms with van der Waals surface area (Å²) < 4.78 is 6.73. The molecule has 0 amide bonds. The molecule has 0 saturated carbocycles. The van der Waals surface area contributed by atoms with Gasteiger partial charge in [0, 0.05) is 7.05 Å². The highest BCUT2D eigenvalue weighted by molar-refractivity contribution is 6.35. The molecule has 2 rings (SSSR count). The Balaban J connectivity index is 2.39. The number of fused-ring (bicyclic) bond motifs is 1. The fraction of sp³-hybridized carbons (Fsp3) is 0.333. The topological polar surface area (TPSA) is 44.1 Å². The zero-order valence-corrected chi connectivity index (χ0v) is 10.5. The number of hydrogen-bond acceptors (Lipinski definition) is 3. The molecule has 1 aromatic carbocycles. The average molecular weight is 253 g/mol. The molecule has 5 heteroatoms. The zero-order chi connectivity index (χ0) is 12.4. The first-order valence-electron chi connectivity index (χ1n) is 5.39. The standard InChI is InChI=1S/C12H13ClN2O2/c1-3-17-11(16)7-10-14-9-6-4-5-8(13)12(9)15(10)2/h4-6H,3,7H2,1-2H3. The number of hydrogen-bond donors (Lipinski definition) is 0. The van der Waals surface area contributed by atoms with Gasteiger partial charge in [0.2, 0.25) is 0 Å². The van der Waals surface area contributed by atoms with Crippen LogP contribution in [0.3, 0.4) is 0 Å². The molecule has 0 saturated heterocycles. The van der Waals surface area contributed by atoms with Crippen LogP contribution in [0.4, 0.5) is 0 Å². The van der Waals surface area contributed by atoms with Gasteiger partial charge in [-0.05, 0) is 19.1 Å². The van der Waals surface area contributed by atoms with E-state index in [2.05, 4.69) is 4.98 Å². The van der Waals surface area contributed by atoms with Crippen LogP contribution >= 0.6 is 11.6 Å². The van der Waals surface area contributed by atoms with Crippen molar-refractivity contribution in [2.24, 2.45) is 7.05 Å². The summed E-state index contributed by atoms with van der Waals surface area (Å²) in [7, 11) is 1.84. The maximum absolute atomic E-state index is 11.4. The van der Waals surface area contributed by atoms with Gasteiger partial charge < -0.3 is 9.30 Å². The smallest absolute Gasteiger partial charge is 0.313 e. The maximum atomic E-state index is 11.4. The van der Waals surface area contributed by atoms with Gasteiger partial charge >= 0.3 is 5.97 Å². The SMILES string of the molecule is CCOC(=O)Cc1nc2cccc(Cl)c2n1C. The van der Waals surface area contributed by atoms with E-state index in [0.717, 1.165) is 11.0 Å². The average Bonchev–Trinajstić information content (AvgIpc) is 2.57. The molecule has 1 heterocycles. The number of rotatable bonds is 3. The van der Waals surface area contributed by atoms with E-state index in [-0.39, 0.29) is 12.4 Å². The normalized spacial score (nSPS) is 10.8. The number of ether oxygens (including phenoxy) is 1. The number of benzene rings is 1. The summed E-state index contributed by atoms with van der Waals surface area (Å²) in [5, 5.41) is 0.632. The number of carbonyl (C=O) groups excluding carboxylic acids is 1. The first kappa shape index (κ1) is 11.9. The number of halogens is 1. The van der Waals surface area contributed by atoms with E-state index in [1.165, 1.54) is 0 Å². The number of aryl methyl sites for hydroxylation is 1. The van der Waals surface area contributed by atoms with E-state index in [0.29, 0.717) is 17.5 Å². The molecule has 0 fully saturated rings. The minimum absolute atomic E-state index is 0.162. The lowest BCUT2D eigenvalue weighted by Gasteiger charge is -2.03. The Kier molecular flexibility index (Phi) is 3.33. The molecule has 4 nitrogen and oxygen atoms in total. The van der Waals surface area contributed by atoms with E-state index < -0.39 is 0 Å². The summed E-state index contributed by atoms with van der Waals surface area (Å²) in [6.07, 6.45) is 0.162. The van der Waals surface area contributed by atoms with Gasteiger partial charge in [-0.2, -0.15) is 0 Å². The highest BCUT2D eigenvalue weighted by Crippen LogP contribution is 2.23. The van der Waals surface area contributed by atoms with Gasteiger partial charge in [0.05, 0.1) is 22.7 Å². The number of imidazole rings is 1. The van der Waals surface area contributed by atoms with E-state index in [4.69, 9.17) is 16.3 Å². The summed E-state index contributed by atoms with van der Waals surface area (Å²) in [6, 6.07) is 5.52. The van der Waals surface area contributed by atoms with Gasteiger partial charge in [-0.1, -0.05) is 17.7 Å². The van der Waals surface area contributed by atoms with Crippen molar-refractivity contribution in [3.05, 3.63) is 29.0 Å². The number of nitrogens with zero attached hydrogens (tertiary/aromatic N) is 2. The lowest BCUT2D eigenvalue weighted by atomic mass is 10.3. The minimum Gasteiger partial charge on any atom is -0.466 e. The largest absolute Gasteiger partial charge is 0.466 e. The first-order chi connectivity index (χ1) is 8.13. The second-order valence-corrected chi connectivity index (χ2v) is 4.08. The molecule has 0 spiro atoms. The van der Waals surface area contributed by atoms with Crippen molar-refractivity contribution in [1.29, 1.82) is 0 Å². The predicted octanol–water partition coefficient (Wildman–Crippen LogP) is 2.33. The van der Waals surface area contributed by atoms with Crippen LogP contribution in [-0.4, -0.2) is 22.1 Å². The van der Waals surface area contributed by atoms with Gasteiger partial charge in [0.25, 0.3) is 0 Å². The van der Waals surface area contributed by atoms with Gasteiger partial charge in [0.1, 0.15) is 12.2 Å². The van der Waals surface area contributed by atoms with Gasteiger partial charge in [-0.15, -0.1) is 0 Å². The molecule has 1 aromatic heterocycles. The lowest BCUT2D eigenvalue weighted by molar-refractivity contribution is -0.142. The van der Waals surface area contributed by atoms with Crippen molar-refractivity contribution in [2.45, 2.75) is 13.3 Å². The van der Waals surface area contributed by atoms with Gasteiger partial charge in [-0.25, -0.2) is 4.98 Å². The molecule has 0 aliphatic carbocycles. The van der Waals surface area contributed by atoms with Crippen molar-refractivity contribution in [3.63, 3.8) is 0 Å². The highest BCUT2D eigenvalue weighted by Gasteiger charge is 2.13. The molecule has 0 aliphatic heterocycles. The molecule has 0 unspecified atom stereocenters. The molecule has 0 radical (unpaired) electrons. The Morgan fingerprint density at radius 1 is 1.53 bits per heavy atom. The van der Waals surface area contributed by atoms with Gasteiger partial charge in [0.15, 0.2) is 0 Å². The zero-order valence-electron chi connectivity index (χ0n) is 9.74. The van der Waals surface area contributed by atoms with E-state index in [1.54, 1.807) is 13.0 Å². The minimum atomic E-state index is -0.276. The summed E-state index contributed by atoms with van der Waals surface area (Å²) >= 11 is 6.10. The third kappa shape index (κ3) is 2.26. The fourth-order valence-electron chi connectivity index (χ4n) is 1.77. The van der Waals surface area contributed by atoms with Crippen LogP contribution in [0.15, 0.2) is 18.2 Å². The quantitative estimate of drug-likeness (QED) is 0.788. The van der Waals surface area contributed by atoms with E-state index in [1.807, 2.05) is 23.7 Å². The van der Waals surface area contributed by atoms with Crippen LogP contribution in [-0.2, 0) is 23.0 Å². The van der Waals surface area contributed by atoms with Crippen molar-refractivity contribution in [3.8, 4) is 0 Å². The molecule has 90 valence electrons. The Labute approximate surface area is 104 Å². The summed E-state index contributed by atoms with van der Waals surface area (Å²) in [5.41, 5.74) is 1.63. The maximum Gasteiger partial charge on any atom is 0.313 e. The fourth-order valence-corrected chi connectivity index (χ4v) is 2.06. The Morgan fingerprint density at radius 3 is 2.94 bits per heavy atom. The van der Waals surface area contributed by atoms with E-state index in [9.17, 15) is 4.79 Å². The lowest BCUT2D eigenvalue weighted by Crippen LogP contribution is -2.11. The van der Waals surface area contributed by atoms with Crippen LogP contribution in [0.25, 0.3) is 11.0 Å². The predicted molar refractivity (Wildman–Crippen MR) is 66.1 cm³/mol. The Hall–Kier alpha value is -1.55. The molecule has 0 N–H and O–H groups in total. The highest BCUT2D eigenvalue weighted by atomic mass is 35.5. The molecular weight excluding hydrogens is 240 g/mol. The summed E-state index contributed by atoms with van der Waals surface area (Å²) in [5.74, 6) is 0.383. The van der Waals surface area contributed by atoms with Crippen molar-refractivity contribution in [2.75, 3.05) is 6.61 Å². The Bertz CT molecular complexity index is 563. The number of aromatic nitrogens is 2. The monoisotopic (exact) mass is 252 g/mol. The second-order valence-electron chi connectivity index (χ2n) is 3.68. The van der Waals surface area contributed by atoms with Crippen molar-refractivity contribution in [1.82, 2.24) is 9.55 Å². The molecule has 0 aliphatic rings. The molecule has 0 atom stereocenters. The third-order valence-electron chi connectivity index (χ3n) is 2.55. The number of para-hydroxylation sites is 1. The molecular formula is C12H13ClN2O2. The molecule has 0 bridgehead atoms. The van der Waals surface area contributed by atoms with E-state index >= 15 is 0 Å². The number of carbonyl (C=O) groups is 1. The van der Waals surface area contributed by atoms with Crippen molar-refractivity contribution >= 4 is 28.6 Å². The summed E-state index contributed by atoms with van der Waals surface area (Å²) in [4.78, 5) is 15.8. The van der Waals surface area contributed by atoms with Gasteiger partial charge in [-0.3, -0.25) is 4.79 Å². The molecule has 17 heavy (non-hydrogen) atoms. The molecule has 2 aromatic rings. The Morgan fingerprint density at radius 2 is 2.29 bits per heavy atom. The van der Waals surface area contributed by atoms with Crippen molar-refractivity contribution < 1.29 is 9.53 Å².